The van der Waals surface area contributed by atoms with Crippen molar-refractivity contribution in [1.29, 1.82) is 0 Å². The number of H-pyrrole nitrogens is 1. The molecule has 0 bridgehead atoms. The first-order valence-corrected chi connectivity index (χ1v) is 8.15. The van der Waals surface area contributed by atoms with Crippen LogP contribution in [0, 0.1) is 12.3 Å². The van der Waals surface area contributed by atoms with E-state index in [1.54, 1.807) is 0 Å². The van der Waals surface area contributed by atoms with Gasteiger partial charge in [-0.15, -0.1) is 6.42 Å². The van der Waals surface area contributed by atoms with Gasteiger partial charge in [0.1, 0.15) is 18.2 Å². The van der Waals surface area contributed by atoms with Crippen LogP contribution in [0.15, 0.2) is 48.5 Å². The van der Waals surface area contributed by atoms with Crippen molar-refractivity contribution in [3.8, 4) is 18.1 Å². The summed E-state index contributed by atoms with van der Waals surface area (Å²) in [5.41, 5.74) is 3.25. The van der Waals surface area contributed by atoms with Gasteiger partial charge in [0.05, 0.1) is 11.0 Å². The molecule has 4 heteroatoms. The number of nitrogens with one attached hydrogen (secondary N) is 2. The third-order valence-corrected chi connectivity index (χ3v) is 3.80. The van der Waals surface area contributed by atoms with Crippen LogP contribution in [0.2, 0.25) is 0 Å². The molecule has 2 aromatic carbocycles. The van der Waals surface area contributed by atoms with E-state index in [2.05, 4.69) is 33.3 Å². The molecule has 0 aliphatic carbocycles. The maximum Gasteiger partial charge on any atom is 0.148 e. The van der Waals surface area contributed by atoms with Crippen LogP contribution in [0.1, 0.15) is 17.8 Å². The average molecular weight is 319 g/mol. The van der Waals surface area contributed by atoms with E-state index in [0.29, 0.717) is 6.61 Å². The minimum atomic E-state index is 0.295. The number of para-hydroxylation sites is 3. The van der Waals surface area contributed by atoms with Crippen LogP contribution in [0.3, 0.4) is 0 Å². The number of nitrogens with zero attached hydrogens (tertiary/aromatic N) is 1. The fourth-order valence-corrected chi connectivity index (χ4v) is 2.64. The van der Waals surface area contributed by atoms with E-state index < -0.39 is 0 Å². The van der Waals surface area contributed by atoms with Gasteiger partial charge in [0.2, 0.25) is 0 Å². The highest BCUT2D eigenvalue weighted by Gasteiger charge is 2.03. The van der Waals surface area contributed by atoms with Crippen LogP contribution in [0.4, 0.5) is 0 Å². The van der Waals surface area contributed by atoms with E-state index in [-0.39, 0.29) is 0 Å². The second kappa shape index (κ2) is 8.19. The summed E-state index contributed by atoms with van der Waals surface area (Å²) >= 11 is 0. The van der Waals surface area contributed by atoms with Gasteiger partial charge >= 0.3 is 0 Å². The molecule has 3 rings (SSSR count). The quantitative estimate of drug-likeness (QED) is 0.495. The molecule has 24 heavy (non-hydrogen) atoms. The molecular formula is C20H21N3O. The number of hydrogen-bond donors (Lipinski definition) is 2. The maximum absolute atomic E-state index is 5.56. The lowest BCUT2D eigenvalue weighted by Crippen LogP contribution is -2.16. The van der Waals surface area contributed by atoms with Crippen LogP contribution in [0.25, 0.3) is 11.0 Å². The van der Waals surface area contributed by atoms with Crippen molar-refractivity contribution in [2.75, 3.05) is 13.2 Å². The van der Waals surface area contributed by atoms with Gasteiger partial charge in [-0.1, -0.05) is 36.3 Å². The van der Waals surface area contributed by atoms with Crippen LogP contribution >= 0.6 is 0 Å². The van der Waals surface area contributed by atoms with Crippen LogP contribution < -0.4 is 10.1 Å². The lowest BCUT2D eigenvalue weighted by atomic mass is 10.2. The molecule has 0 atom stereocenters. The minimum absolute atomic E-state index is 0.295. The highest BCUT2D eigenvalue weighted by atomic mass is 16.5. The number of ether oxygens (including phenoxy) is 1. The van der Waals surface area contributed by atoms with Crippen LogP contribution in [-0.2, 0) is 13.0 Å². The van der Waals surface area contributed by atoms with Gasteiger partial charge in [-0.25, -0.2) is 4.98 Å². The second-order valence-electron chi connectivity index (χ2n) is 5.58. The van der Waals surface area contributed by atoms with Gasteiger partial charge in [0.15, 0.2) is 0 Å². The molecule has 0 amide bonds. The molecule has 2 N–H and O–H groups in total. The molecule has 4 nitrogen and oxygen atoms in total. The first-order valence-electron chi connectivity index (χ1n) is 8.15. The summed E-state index contributed by atoms with van der Waals surface area (Å²) in [5.74, 6) is 4.38. The smallest absolute Gasteiger partial charge is 0.148 e. The maximum atomic E-state index is 5.56. The molecule has 0 saturated carbocycles. The van der Waals surface area contributed by atoms with Crippen molar-refractivity contribution in [3.05, 3.63) is 59.9 Å². The van der Waals surface area contributed by atoms with Crippen molar-refractivity contribution in [3.63, 3.8) is 0 Å². The van der Waals surface area contributed by atoms with E-state index >= 15 is 0 Å². The minimum Gasteiger partial charge on any atom is -0.481 e. The number of hydrogen-bond acceptors (Lipinski definition) is 3. The van der Waals surface area contributed by atoms with E-state index in [0.717, 1.165) is 54.1 Å². The molecule has 0 aliphatic rings. The number of aryl methyl sites for hydroxylation is 1. The number of fused-ring (bicyclic) bond motifs is 1. The predicted octanol–water partition coefficient (Wildman–Crippen LogP) is 3.30. The molecule has 1 aromatic heterocycles. The highest BCUT2D eigenvalue weighted by molar-refractivity contribution is 5.74. The zero-order chi connectivity index (χ0) is 16.6. The molecule has 0 radical (unpaired) electrons. The van der Waals surface area contributed by atoms with Crippen LogP contribution in [0.5, 0.6) is 5.75 Å². The molecular weight excluding hydrogens is 298 g/mol. The van der Waals surface area contributed by atoms with Crippen molar-refractivity contribution in [2.24, 2.45) is 0 Å². The van der Waals surface area contributed by atoms with Gasteiger partial charge in [-0.3, -0.25) is 0 Å². The molecule has 0 unspecified atom stereocenters. The summed E-state index contributed by atoms with van der Waals surface area (Å²) < 4.78 is 5.56. The Kier molecular flexibility index (Phi) is 5.49. The summed E-state index contributed by atoms with van der Waals surface area (Å²) in [7, 11) is 0. The molecule has 0 aliphatic heterocycles. The highest BCUT2D eigenvalue weighted by Crippen LogP contribution is 2.17. The Balaban J connectivity index is 1.45. The fourth-order valence-electron chi connectivity index (χ4n) is 2.64. The Labute approximate surface area is 142 Å². The van der Waals surface area contributed by atoms with E-state index in [9.17, 15) is 0 Å². The topological polar surface area (TPSA) is 49.9 Å². The number of aromatic nitrogens is 2. The second-order valence-corrected chi connectivity index (χ2v) is 5.58. The summed E-state index contributed by atoms with van der Waals surface area (Å²) in [6.07, 6.45) is 7.20. The Hall–Kier alpha value is -2.77. The SMILES string of the molecule is C#CCOc1ccccc1CNCCCc1nc2ccccc2[nH]1. The molecule has 0 fully saturated rings. The third kappa shape index (κ3) is 4.15. The summed E-state index contributed by atoms with van der Waals surface area (Å²) in [4.78, 5) is 7.95. The molecule has 122 valence electrons. The molecule has 0 spiro atoms. The monoisotopic (exact) mass is 319 g/mol. The zero-order valence-corrected chi connectivity index (χ0v) is 13.6. The fraction of sp³-hybridized carbons (Fsp3) is 0.250. The molecule has 3 aromatic rings. The summed E-state index contributed by atoms with van der Waals surface area (Å²) in [6, 6.07) is 16.1. The van der Waals surface area contributed by atoms with Gasteiger partial charge in [0.25, 0.3) is 0 Å². The standard InChI is InChI=1S/C20H21N3O/c1-2-14-24-19-11-6-3-8-16(19)15-21-13-7-12-20-22-17-9-4-5-10-18(17)23-20/h1,3-6,8-11,21H,7,12-15H2,(H,22,23). The molecule has 0 saturated heterocycles. The number of terminal acetylenes is 1. The largest absolute Gasteiger partial charge is 0.481 e. The Bertz CT molecular complexity index is 799. The number of rotatable bonds is 8. The lowest BCUT2D eigenvalue weighted by Gasteiger charge is -2.10. The summed E-state index contributed by atoms with van der Waals surface area (Å²) in [6.45, 7) is 1.98. The van der Waals surface area contributed by atoms with E-state index in [4.69, 9.17) is 11.2 Å². The zero-order valence-electron chi connectivity index (χ0n) is 13.6. The van der Waals surface area contributed by atoms with Gasteiger partial charge in [-0.2, -0.15) is 0 Å². The van der Waals surface area contributed by atoms with Crippen molar-refractivity contribution in [2.45, 2.75) is 19.4 Å². The number of aromatic amines is 1. The van der Waals surface area contributed by atoms with E-state index in [1.807, 2.05) is 36.4 Å². The normalized spacial score (nSPS) is 10.6. The van der Waals surface area contributed by atoms with E-state index in [1.165, 1.54) is 0 Å². The number of benzene rings is 2. The van der Waals surface area contributed by atoms with Gasteiger partial charge in [-0.05, 0) is 31.2 Å². The average Bonchev–Trinajstić information content (AvgIpc) is 3.03. The first kappa shape index (κ1) is 16.1. The van der Waals surface area contributed by atoms with Crippen molar-refractivity contribution in [1.82, 2.24) is 15.3 Å². The lowest BCUT2D eigenvalue weighted by molar-refractivity contribution is 0.365. The first-order chi connectivity index (χ1) is 11.9. The Morgan fingerprint density at radius 2 is 1.96 bits per heavy atom. The van der Waals surface area contributed by atoms with Crippen molar-refractivity contribution >= 4 is 11.0 Å². The van der Waals surface area contributed by atoms with Crippen molar-refractivity contribution < 1.29 is 4.74 Å². The third-order valence-electron chi connectivity index (χ3n) is 3.80. The van der Waals surface area contributed by atoms with Gasteiger partial charge < -0.3 is 15.0 Å². The predicted molar refractivity (Wildman–Crippen MR) is 96.9 cm³/mol. The number of imidazole rings is 1. The molecule has 1 heterocycles. The van der Waals surface area contributed by atoms with Gasteiger partial charge in [0, 0.05) is 18.5 Å². The van der Waals surface area contributed by atoms with Crippen LogP contribution in [-0.4, -0.2) is 23.1 Å². The Morgan fingerprint density at radius 3 is 2.83 bits per heavy atom. The summed E-state index contributed by atoms with van der Waals surface area (Å²) in [5, 5.41) is 3.45. The Morgan fingerprint density at radius 1 is 1.12 bits per heavy atom.